The van der Waals surface area contributed by atoms with Gasteiger partial charge in [-0.2, -0.15) is 0 Å². The molecule has 116 valence electrons. The minimum Gasteiger partial charge on any atom is -0.393 e. The molecular weight excluding hydrogens is 272 g/mol. The summed E-state index contributed by atoms with van der Waals surface area (Å²) in [6, 6.07) is 0.139. The molecule has 7 nitrogen and oxygen atoms in total. The Bertz CT molecular complexity index is 590. The first-order chi connectivity index (χ1) is 9.99. The zero-order valence-corrected chi connectivity index (χ0v) is 12.3. The molecule has 0 aliphatic heterocycles. The number of nitrogens with one attached hydrogen (secondary N) is 1. The lowest BCUT2D eigenvalue weighted by atomic mass is 10.1. The van der Waals surface area contributed by atoms with Crippen LogP contribution < -0.4 is 22.3 Å². The highest BCUT2D eigenvalue weighted by Gasteiger charge is 2.17. The molecule has 1 aromatic rings. The Kier molecular flexibility index (Phi) is 4.82. The van der Waals surface area contributed by atoms with Crippen LogP contribution in [0.3, 0.4) is 0 Å². The van der Waals surface area contributed by atoms with Crippen LogP contribution >= 0.6 is 0 Å². The van der Waals surface area contributed by atoms with E-state index in [1.165, 1.54) is 30.7 Å². The lowest BCUT2D eigenvalue weighted by molar-refractivity contribution is -0.122. The van der Waals surface area contributed by atoms with Crippen LogP contribution in [-0.2, 0) is 18.4 Å². The highest BCUT2D eigenvalue weighted by atomic mass is 16.2. The number of carbonyl (C=O) groups excluding carboxylic acids is 1. The smallest absolute Gasteiger partial charge is 0.331 e. The van der Waals surface area contributed by atoms with Gasteiger partial charge in [-0.25, -0.2) is 9.36 Å². The second-order valence-corrected chi connectivity index (χ2v) is 5.63. The second kappa shape index (κ2) is 6.60. The summed E-state index contributed by atoms with van der Waals surface area (Å²) in [4.78, 5) is 35.8. The number of nitrogen functional groups attached to an aromatic ring is 1. The molecule has 0 unspecified atom stereocenters. The van der Waals surface area contributed by atoms with E-state index in [1.807, 2.05) is 0 Å². The first-order valence-corrected chi connectivity index (χ1v) is 7.34. The predicted molar refractivity (Wildman–Crippen MR) is 80.0 cm³/mol. The Morgan fingerprint density at radius 1 is 1.29 bits per heavy atom. The minimum absolute atomic E-state index is 0.0423. The van der Waals surface area contributed by atoms with Gasteiger partial charge < -0.3 is 15.6 Å². The van der Waals surface area contributed by atoms with Gasteiger partial charge in [-0.1, -0.05) is 25.7 Å². The van der Waals surface area contributed by atoms with Crippen molar-refractivity contribution in [1.29, 1.82) is 0 Å². The van der Waals surface area contributed by atoms with Gasteiger partial charge in [0.1, 0.15) is 12.2 Å². The van der Waals surface area contributed by atoms with Gasteiger partial charge in [0.25, 0.3) is 5.56 Å². The largest absolute Gasteiger partial charge is 0.393 e. The number of rotatable bonds is 3. The summed E-state index contributed by atoms with van der Waals surface area (Å²) < 4.78 is 2.08. The first kappa shape index (κ1) is 15.3. The number of anilines is 1. The van der Waals surface area contributed by atoms with Gasteiger partial charge in [0, 0.05) is 19.3 Å². The van der Waals surface area contributed by atoms with E-state index in [4.69, 9.17) is 5.73 Å². The summed E-state index contributed by atoms with van der Waals surface area (Å²) in [5, 5.41) is 2.91. The van der Waals surface area contributed by atoms with Crippen molar-refractivity contribution in [3.63, 3.8) is 0 Å². The van der Waals surface area contributed by atoms with E-state index in [2.05, 4.69) is 5.32 Å². The van der Waals surface area contributed by atoms with Gasteiger partial charge in [0.2, 0.25) is 5.91 Å². The fourth-order valence-electron chi connectivity index (χ4n) is 2.73. The van der Waals surface area contributed by atoms with Crippen molar-refractivity contribution in [2.45, 2.75) is 51.1 Å². The van der Waals surface area contributed by atoms with E-state index in [0.717, 1.165) is 30.3 Å². The fourth-order valence-corrected chi connectivity index (χ4v) is 2.73. The summed E-state index contributed by atoms with van der Waals surface area (Å²) in [5.74, 6) is -0.313. The third kappa shape index (κ3) is 3.74. The van der Waals surface area contributed by atoms with Crippen molar-refractivity contribution in [3.05, 3.63) is 27.0 Å². The average Bonchev–Trinajstić information content (AvgIpc) is 2.70. The van der Waals surface area contributed by atoms with Crippen molar-refractivity contribution < 1.29 is 4.79 Å². The summed E-state index contributed by atoms with van der Waals surface area (Å²) in [7, 11) is 1.50. The highest BCUT2D eigenvalue weighted by molar-refractivity contribution is 5.76. The van der Waals surface area contributed by atoms with E-state index in [0.29, 0.717) is 0 Å². The normalized spacial score (nSPS) is 16.4. The first-order valence-electron chi connectivity index (χ1n) is 7.34. The van der Waals surface area contributed by atoms with Crippen LogP contribution in [-0.4, -0.2) is 21.1 Å². The number of hydrogen-bond donors (Lipinski definition) is 2. The molecule has 7 heteroatoms. The molecule has 1 saturated carbocycles. The number of nitrogens with zero attached hydrogens (tertiary/aromatic N) is 2. The Morgan fingerprint density at radius 3 is 2.52 bits per heavy atom. The second-order valence-electron chi connectivity index (χ2n) is 5.63. The Morgan fingerprint density at radius 2 is 1.90 bits per heavy atom. The van der Waals surface area contributed by atoms with Crippen molar-refractivity contribution in [1.82, 2.24) is 14.5 Å². The molecule has 21 heavy (non-hydrogen) atoms. The Labute approximate surface area is 122 Å². The maximum absolute atomic E-state index is 12.1. The van der Waals surface area contributed by atoms with Gasteiger partial charge >= 0.3 is 5.69 Å². The third-order valence-corrected chi connectivity index (χ3v) is 3.88. The lowest BCUT2D eigenvalue weighted by Gasteiger charge is -2.16. The Hall–Kier alpha value is -2.05. The van der Waals surface area contributed by atoms with Gasteiger partial charge in [0.15, 0.2) is 0 Å². The molecule has 0 radical (unpaired) electrons. The van der Waals surface area contributed by atoms with E-state index in [1.54, 1.807) is 0 Å². The van der Waals surface area contributed by atoms with Crippen LogP contribution in [0.4, 0.5) is 5.69 Å². The maximum atomic E-state index is 12.1. The molecule has 1 aliphatic carbocycles. The lowest BCUT2D eigenvalue weighted by Crippen LogP contribution is -2.45. The molecule has 2 rings (SSSR count). The molecule has 1 amide bonds. The van der Waals surface area contributed by atoms with E-state index in [-0.39, 0.29) is 24.2 Å². The Balaban J connectivity index is 2.09. The van der Waals surface area contributed by atoms with Crippen LogP contribution in [0.1, 0.15) is 38.5 Å². The van der Waals surface area contributed by atoms with Crippen LogP contribution in [0, 0.1) is 0 Å². The molecule has 1 aromatic heterocycles. The van der Waals surface area contributed by atoms with Gasteiger partial charge in [-0.3, -0.25) is 9.59 Å². The molecule has 0 spiro atoms. The molecule has 0 bridgehead atoms. The van der Waals surface area contributed by atoms with Gasteiger partial charge in [-0.15, -0.1) is 0 Å². The summed E-state index contributed by atoms with van der Waals surface area (Å²) in [6.07, 6.45) is 7.77. The van der Waals surface area contributed by atoms with Crippen LogP contribution in [0.25, 0.3) is 0 Å². The fraction of sp³-hybridized carbons (Fsp3) is 0.643. The molecule has 1 fully saturated rings. The van der Waals surface area contributed by atoms with E-state index < -0.39 is 11.2 Å². The quantitative estimate of drug-likeness (QED) is 0.765. The summed E-state index contributed by atoms with van der Waals surface area (Å²) in [5.41, 5.74) is 4.35. The molecule has 1 heterocycles. The van der Waals surface area contributed by atoms with Crippen molar-refractivity contribution in [2.24, 2.45) is 7.05 Å². The average molecular weight is 294 g/mol. The monoisotopic (exact) mass is 294 g/mol. The van der Waals surface area contributed by atoms with Crippen molar-refractivity contribution in [2.75, 3.05) is 5.73 Å². The number of aryl methyl sites for hydroxylation is 1. The van der Waals surface area contributed by atoms with Crippen molar-refractivity contribution in [3.8, 4) is 0 Å². The zero-order valence-electron chi connectivity index (χ0n) is 12.3. The third-order valence-electron chi connectivity index (χ3n) is 3.88. The number of nitrogens with two attached hydrogens (primary N) is 1. The number of carbonyl (C=O) groups is 1. The highest BCUT2D eigenvalue weighted by Crippen LogP contribution is 2.17. The van der Waals surface area contributed by atoms with Crippen molar-refractivity contribution >= 4 is 11.6 Å². The summed E-state index contributed by atoms with van der Waals surface area (Å²) in [6.45, 7) is -0.285. The molecule has 0 aromatic carbocycles. The topological polar surface area (TPSA) is 99.1 Å². The van der Waals surface area contributed by atoms with Gasteiger partial charge in [-0.05, 0) is 12.8 Å². The standard InChI is InChI=1S/C14H22N4O3/c1-17-8-11(15)13(20)18(14(17)21)9-12(19)16-10-6-4-2-3-5-7-10/h8,10H,2-7,9,15H2,1H3,(H,16,19). The van der Waals surface area contributed by atoms with Gasteiger partial charge in [0.05, 0.1) is 0 Å². The summed E-state index contributed by atoms with van der Waals surface area (Å²) >= 11 is 0. The predicted octanol–water partition coefficient (Wildman–Crippen LogP) is -0.0318. The molecule has 1 aliphatic rings. The number of aromatic nitrogens is 2. The van der Waals surface area contributed by atoms with Crippen LogP contribution in [0.15, 0.2) is 15.8 Å². The molecule has 0 atom stereocenters. The SMILES string of the molecule is Cn1cc(N)c(=O)n(CC(=O)NC2CCCCCC2)c1=O. The van der Waals surface area contributed by atoms with Crippen LogP contribution in [0.2, 0.25) is 0 Å². The van der Waals surface area contributed by atoms with Crippen LogP contribution in [0.5, 0.6) is 0 Å². The number of amides is 1. The minimum atomic E-state index is -0.617. The zero-order chi connectivity index (χ0) is 15.4. The molecule has 3 N–H and O–H groups in total. The molecule has 0 saturated heterocycles. The number of hydrogen-bond acceptors (Lipinski definition) is 4. The van der Waals surface area contributed by atoms with E-state index >= 15 is 0 Å². The van der Waals surface area contributed by atoms with E-state index in [9.17, 15) is 14.4 Å². The maximum Gasteiger partial charge on any atom is 0.331 e. The molecular formula is C14H22N4O3.